The molecular formula is C14H11BrO. The van der Waals surface area contributed by atoms with Crippen LogP contribution >= 0.6 is 15.9 Å². The van der Waals surface area contributed by atoms with Crippen LogP contribution in [0.15, 0.2) is 46.9 Å². The van der Waals surface area contributed by atoms with Crippen molar-refractivity contribution < 1.29 is 4.79 Å². The Morgan fingerprint density at radius 2 is 1.75 bits per heavy atom. The smallest absolute Gasteiger partial charge is 0.150 e. The van der Waals surface area contributed by atoms with Gasteiger partial charge >= 0.3 is 0 Å². The lowest BCUT2D eigenvalue weighted by atomic mass is 10.0. The molecule has 2 aromatic carbocycles. The monoisotopic (exact) mass is 274 g/mol. The summed E-state index contributed by atoms with van der Waals surface area (Å²) < 4.78 is 1.08. The van der Waals surface area contributed by atoms with Gasteiger partial charge < -0.3 is 0 Å². The molecule has 1 nitrogen and oxygen atoms in total. The van der Waals surface area contributed by atoms with Crippen molar-refractivity contribution in [3.8, 4) is 11.1 Å². The molecule has 0 radical (unpaired) electrons. The van der Waals surface area contributed by atoms with E-state index in [1.165, 1.54) is 5.56 Å². The fourth-order valence-electron chi connectivity index (χ4n) is 1.60. The van der Waals surface area contributed by atoms with Gasteiger partial charge in [0.15, 0.2) is 0 Å². The number of benzene rings is 2. The van der Waals surface area contributed by atoms with E-state index in [-0.39, 0.29) is 0 Å². The summed E-state index contributed by atoms with van der Waals surface area (Å²) in [6, 6.07) is 13.8. The predicted octanol–water partition coefficient (Wildman–Crippen LogP) is 4.24. The molecule has 2 rings (SSSR count). The minimum absolute atomic E-state index is 0.701. The summed E-state index contributed by atoms with van der Waals surface area (Å²) in [5, 5.41) is 0. The highest BCUT2D eigenvalue weighted by atomic mass is 79.9. The van der Waals surface area contributed by atoms with Gasteiger partial charge in [0.25, 0.3) is 0 Å². The topological polar surface area (TPSA) is 17.1 Å². The highest BCUT2D eigenvalue weighted by Crippen LogP contribution is 2.28. The van der Waals surface area contributed by atoms with Gasteiger partial charge in [0, 0.05) is 10.0 Å². The van der Waals surface area contributed by atoms with Gasteiger partial charge in [-0.15, -0.1) is 0 Å². The van der Waals surface area contributed by atoms with Gasteiger partial charge in [-0.3, -0.25) is 4.79 Å². The SMILES string of the molecule is Cc1ccc(-c2ccc(C=O)cc2)c(Br)c1. The van der Waals surface area contributed by atoms with Crippen molar-refractivity contribution in [2.24, 2.45) is 0 Å². The molecule has 0 unspecified atom stereocenters. The van der Waals surface area contributed by atoms with Gasteiger partial charge in [0.05, 0.1) is 0 Å². The third-order valence-corrected chi connectivity index (χ3v) is 3.14. The molecule has 0 aliphatic carbocycles. The molecule has 0 atom stereocenters. The fourth-order valence-corrected chi connectivity index (χ4v) is 2.32. The fraction of sp³-hybridized carbons (Fsp3) is 0.0714. The zero-order chi connectivity index (χ0) is 11.5. The molecule has 0 aromatic heterocycles. The second kappa shape index (κ2) is 4.62. The third-order valence-electron chi connectivity index (χ3n) is 2.48. The van der Waals surface area contributed by atoms with Gasteiger partial charge in [0.1, 0.15) is 6.29 Å². The average Bonchev–Trinajstić information content (AvgIpc) is 2.29. The standard InChI is InChI=1S/C14H11BrO/c1-10-2-7-13(14(15)8-10)12-5-3-11(9-16)4-6-12/h2-9H,1H3. The van der Waals surface area contributed by atoms with Gasteiger partial charge in [-0.05, 0) is 29.7 Å². The second-order valence-electron chi connectivity index (χ2n) is 3.72. The zero-order valence-corrected chi connectivity index (χ0v) is 10.5. The normalized spacial score (nSPS) is 10.1. The number of hydrogen-bond donors (Lipinski definition) is 0. The highest BCUT2D eigenvalue weighted by Gasteiger charge is 2.02. The van der Waals surface area contributed by atoms with E-state index < -0.39 is 0 Å². The highest BCUT2D eigenvalue weighted by molar-refractivity contribution is 9.10. The molecule has 2 heteroatoms. The summed E-state index contributed by atoms with van der Waals surface area (Å²) in [5.41, 5.74) is 4.17. The van der Waals surface area contributed by atoms with Crippen LogP contribution in [0.25, 0.3) is 11.1 Å². The predicted molar refractivity (Wildman–Crippen MR) is 69.7 cm³/mol. The second-order valence-corrected chi connectivity index (χ2v) is 4.58. The van der Waals surface area contributed by atoms with E-state index in [0.717, 1.165) is 21.9 Å². The van der Waals surface area contributed by atoms with E-state index in [9.17, 15) is 4.79 Å². The Balaban J connectivity index is 2.46. The summed E-state index contributed by atoms with van der Waals surface area (Å²) in [4.78, 5) is 10.6. The summed E-state index contributed by atoms with van der Waals surface area (Å²) >= 11 is 3.55. The van der Waals surface area contributed by atoms with Gasteiger partial charge in [0.2, 0.25) is 0 Å². The van der Waals surface area contributed by atoms with Crippen LogP contribution in [0, 0.1) is 6.92 Å². The lowest BCUT2D eigenvalue weighted by Crippen LogP contribution is -1.83. The number of aryl methyl sites for hydroxylation is 1. The van der Waals surface area contributed by atoms with Crippen molar-refractivity contribution in [2.75, 3.05) is 0 Å². The zero-order valence-electron chi connectivity index (χ0n) is 8.91. The van der Waals surface area contributed by atoms with Crippen LogP contribution in [0.4, 0.5) is 0 Å². The van der Waals surface area contributed by atoms with Crippen molar-refractivity contribution >= 4 is 22.2 Å². The molecule has 16 heavy (non-hydrogen) atoms. The largest absolute Gasteiger partial charge is 0.298 e. The van der Waals surface area contributed by atoms with Crippen molar-refractivity contribution in [2.45, 2.75) is 6.92 Å². The van der Waals surface area contributed by atoms with Crippen LogP contribution in [0.3, 0.4) is 0 Å². The lowest BCUT2D eigenvalue weighted by Gasteiger charge is -2.05. The number of aldehydes is 1. The van der Waals surface area contributed by atoms with E-state index >= 15 is 0 Å². The van der Waals surface area contributed by atoms with Crippen LogP contribution in [-0.2, 0) is 0 Å². The average molecular weight is 275 g/mol. The quantitative estimate of drug-likeness (QED) is 0.749. The first-order valence-electron chi connectivity index (χ1n) is 5.02. The van der Waals surface area contributed by atoms with Crippen LogP contribution in [0.2, 0.25) is 0 Å². The molecule has 2 aromatic rings. The van der Waals surface area contributed by atoms with Crippen LogP contribution < -0.4 is 0 Å². The molecule has 0 spiro atoms. The van der Waals surface area contributed by atoms with Crippen LogP contribution in [0.5, 0.6) is 0 Å². The summed E-state index contributed by atoms with van der Waals surface area (Å²) in [6.45, 7) is 2.06. The number of carbonyl (C=O) groups excluding carboxylic acids is 1. The molecule has 0 bridgehead atoms. The maximum atomic E-state index is 10.6. The molecule has 0 N–H and O–H groups in total. The first kappa shape index (κ1) is 11.1. The molecule has 0 fully saturated rings. The molecule has 0 saturated heterocycles. The van der Waals surface area contributed by atoms with E-state index in [4.69, 9.17) is 0 Å². The third kappa shape index (κ3) is 2.22. The molecule has 0 saturated carbocycles. The maximum absolute atomic E-state index is 10.6. The Kier molecular flexibility index (Phi) is 3.20. The van der Waals surface area contributed by atoms with Gasteiger partial charge in [-0.2, -0.15) is 0 Å². The van der Waals surface area contributed by atoms with E-state index in [2.05, 4.69) is 41.1 Å². The Labute approximate surface area is 103 Å². The Morgan fingerprint density at radius 1 is 1.06 bits per heavy atom. The Morgan fingerprint density at radius 3 is 2.31 bits per heavy atom. The summed E-state index contributed by atoms with van der Waals surface area (Å²) in [7, 11) is 0. The molecule has 0 heterocycles. The first-order valence-corrected chi connectivity index (χ1v) is 5.82. The molecule has 0 amide bonds. The molecule has 80 valence electrons. The van der Waals surface area contributed by atoms with Crippen molar-refractivity contribution in [1.82, 2.24) is 0 Å². The van der Waals surface area contributed by atoms with Crippen LogP contribution in [0.1, 0.15) is 15.9 Å². The van der Waals surface area contributed by atoms with Crippen LogP contribution in [-0.4, -0.2) is 6.29 Å². The number of rotatable bonds is 2. The van der Waals surface area contributed by atoms with Crippen molar-refractivity contribution in [3.63, 3.8) is 0 Å². The summed E-state index contributed by atoms with van der Waals surface area (Å²) in [6.07, 6.45) is 0.855. The number of carbonyl (C=O) groups is 1. The van der Waals surface area contributed by atoms with Crippen molar-refractivity contribution in [1.29, 1.82) is 0 Å². The minimum atomic E-state index is 0.701. The number of halogens is 1. The number of hydrogen-bond acceptors (Lipinski definition) is 1. The Bertz CT molecular complexity index is 515. The Hall–Kier alpha value is -1.41. The first-order chi connectivity index (χ1) is 7.70. The van der Waals surface area contributed by atoms with E-state index in [0.29, 0.717) is 5.56 Å². The van der Waals surface area contributed by atoms with E-state index in [1.807, 2.05) is 24.3 Å². The molecule has 0 aliphatic heterocycles. The van der Waals surface area contributed by atoms with Crippen molar-refractivity contribution in [3.05, 3.63) is 58.1 Å². The van der Waals surface area contributed by atoms with Gasteiger partial charge in [-0.1, -0.05) is 52.3 Å². The minimum Gasteiger partial charge on any atom is -0.298 e. The molecule has 0 aliphatic rings. The lowest BCUT2D eigenvalue weighted by molar-refractivity contribution is 0.112. The summed E-state index contributed by atoms with van der Waals surface area (Å²) in [5.74, 6) is 0. The molecular weight excluding hydrogens is 264 g/mol. The van der Waals surface area contributed by atoms with E-state index in [1.54, 1.807) is 0 Å². The maximum Gasteiger partial charge on any atom is 0.150 e. The van der Waals surface area contributed by atoms with Gasteiger partial charge in [-0.25, -0.2) is 0 Å².